The fraction of sp³-hybridized carbons (Fsp3) is 0.250. The molecule has 0 N–H and O–H groups in total. The molecule has 17 heavy (non-hydrogen) atoms. The van der Waals surface area contributed by atoms with Gasteiger partial charge in [-0.05, 0) is 32.0 Å². The number of aromatic nitrogens is 2. The van der Waals surface area contributed by atoms with Crippen LogP contribution in [-0.4, -0.2) is 9.55 Å². The van der Waals surface area contributed by atoms with Crippen LogP contribution in [0.15, 0.2) is 34.9 Å². The third-order valence-corrected chi connectivity index (χ3v) is 3.01. The highest BCUT2D eigenvalue weighted by Crippen LogP contribution is 2.28. The highest BCUT2D eigenvalue weighted by Gasteiger charge is 2.13. The van der Waals surface area contributed by atoms with Gasteiger partial charge >= 0.3 is 6.01 Å². The first-order valence-electron chi connectivity index (χ1n) is 5.24. The van der Waals surface area contributed by atoms with Crippen LogP contribution < -0.4 is 4.74 Å². The van der Waals surface area contributed by atoms with Gasteiger partial charge in [0, 0.05) is 10.5 Å². The Morgan fingerprint density at radius 1 is 1.41 bits per heavy atom. The van der Waals surface area contributed by atoms with E-state index in [1.807, 2.05) is 42.7 Å². The molecule has 0 fully saturated rings. The molecule has 1 aromatic heterocycles. The molecule has 90 valence electrons. The Kier molecular flexibility index (Phi) is 3.74. The summed E-state index contributed by atoms with van der Waals surface area (Å²) in [5.74, 6) is 0.726. The average molecular weight is 316 g/mol. The maximum Gasteiger partial charge on any atom is 0.303 e. The van der Waals surface area contributed by atoms with Crippen LogP contribution in [0, 0.1) is 0 Å². The molecular formula is C12H12BrClN2O. The van der Waals surface area contributed by atoms with Gasteiger partial charge in [0.05, 0.1) is 6.20 Å². The van der Waals surface area contributed by atoms with Crippen molar-refractivity contribution in [1.29, 1.82) is 0 Å². The van der Waals surface area contributed by atoms with Crippen molar-refractivity contribution >= 4 is 27.5 Å². The van der Waals surface area contributed by atoms with E-state index in [-0.39, 0.29) is 6.04 Å². The minimum atomic E-state index is 0.201. The van der Waals surface area contributed by atoms with Crippen molar-refractivity contribution in [1.82, 2.24) is 9.55 Å². The van der Waals surface area contributed by atoms with Crippen molar-refractivity contribution in [3.63, 3.8) is 0 Å². The summed E-state index contributed by atoms with van der Waals surface area (Å²) >= 11 is 9.44. The van der Waals surface area contributed by atoms with Gasteiger partial charge in [-0.3, -0.25) is 4.57 Å². The van der Waals surface area contributed by atoms with E-state index in [0.717, 1.165) is 10.2 Å². The van der Waals surface area contributed by atoms with Crippen molar-refractivity contribution < 1.29 is 4.74 Å². The molecule has 0 unspecified atom stereocenters. The molecule has 0 aliphatic heterocycles. The molecule has 1 aromatic carbocycles. The van der Waals surface area contributed by atoms with Crippen molar-refractivity contribution in [3.05, 3.63) is 40.1 Å². The summed E-state index contributed by atoms with van der Waals surface area (Å²) in [5, 5.41) is 0.574. The Hall–Kier alpha value is -1.000. The summed E-state index contributed by atoms with van der Waals surface area (Å²) in [4.78, 5) is 4.16. The van der Waals surface area contributed by atoms with Crippen LogP contribution in [0.3, 0.4) is 0 Å². The highest BCUT2D eigenvalue weighted by molar-refractivity contribution is 9.10. The Morgan fingerprint density at radius 3 is 2.82 bits per heavy atom. The first-order chi connectivity index (χ1) is 8.08. The molecule has 0 amide bonds. The molecule has 0 radical (unpaired) electrons. The minimum Gasteiger partial charge on any atom is -0.425 e. The van der Waals surface area contributed by atoms with Crippen molar-refractivity contribution in [2.45, 2.75) is 19.9 Å². The van der Waals surface area contributed by atoms with Crippen molar-refractivity contribution in [2.24, 2.45) is 0 Å². The number of hydrogen-bond donors (Lipinski definition) is 0. The van der Waals surface area contributed by atoms with E-state index in [4.69, 9.17) is 16.3 Å². The lowest BCUT2D eigenvalue weighted by Crippen LogP contribution is -2.03. The van der Waals surface area contributed by atoms with Crippen LogP contribution in [0.2, 0.25) is 5.15 Å². The summed E-state index contributed by atoms with van der Waals surface area (Å²) < 4.78 is 8.51. The molecule has 3 nitrogen and oxygen atoms in total. The number of halogens is 2. The van der Waals surface area contributed by atoms with Crippen LogP contribution >= 0.6 is 27.5 Å². The molecule has 0 aliphatic carbocycles. The molecule has 0 aliphatic rings. The summed E-state index contributed by atoms with van der Waals surface area (Å²) in [6.07, 6.45) is 1.59. The summed E-state index contributed by atoms with van der Waals surface area (Å²) in [6, 6.07) is 8.30. The Balaban J connectivity index is 2.30. The zero-order chi connectivity index (χ0) is 12.4. The number of hydrogen-bond acceptors (Lipinski definition) is 2. The third-order valence-electron chi connectivity index (χ3n) is 2.24. The molecule has 0 saturated carbocycles. The second-order valence-corrected chi connectivity index (χ2v) is 5.19. The Bertz CT molecular complexity index is 525. The smallest absolute Gasteiger partial charge is 0.303 e. The number of nitrogens with zero attached hydrogens (tertiary/aromatic N) is 2. The van der Waals surface area contributed by atoms with E-state index >= 15 is 0 Å². The normalized spacial score (nSPS) is 10.9. The lowest BCUT2D eigenvalue weighted by Gasteiger charge is -2.12. The van der Waals surface area contributed by atoms with Crippen LogP contribution in [0.5, 0.6) is 11.8 Å². The van der Waals surface area contributed by atoms with Crippen LogP contribution in [0.25, 0.3) is 0 Å². The largest absolute Gasteiger partial charge is 0.425 e. The monoisotopic (exact) mass is 314 g/mol. The SMILES string of the molecule is CC(C)n1c(Cl)cnc1Oc1cccc(Br)c1. The zero-order valence-corrected chi connectivity index (χ0v) is 11.9. The van der Waals surface area contributed by atoms with Crippen molar-refractivity contribution in [3.8, 4) is 11.8 Å². The summed E-state index contributed by atoms with van der Waals surface area (Å²) in [7, 11) is 0. The second kappa shape index (κ2) is 5.10. The van der Waals surface area contributed by atoms with E-state index in [2.05, 4.69) is 20.9 Å². The Morgan fingerprint density at radius 2 is 2.18 bits per heavy atom. The van der Waals surface area contributed by atoms with Gasteiger partial charge in [0.25, 0.3) is 0 Å². The van der Waals surface area contributed by atoms with Gasteiger partial charge in [-0.25, -0.2) is 4.98 Å². The molecule has 0 atom stereocenters. The molecule has 2 aromatic rings. The number of ether oxygens (including phenoxy) is 1. The van der Waals surface area contributed by atoms with Gasteiger partial charge in [-0.1, -0.05) is 33.6 Å². The Labute approximate surface area is 114 Å². The van der Waals surface area contributed by atoms with Crippen LogP contribution in [0.1, 0.15) is 19.9 Å². The predicted octanol–water partition coefficient (Wildman–Crippen LogP) is 4.67. The molecule has 0 saturated heterocycles. The van der Waals surface area contributed by atoms with Gasteiger partial charge in [0.1, 0.15) is 10.9 Å². The lowest BCUT2D eigenvalue weighted by atomic mass is 10.3. The number of rotatable bonds is 3. The molecular weight excluding hydrogens is 304 g/mol. The second-order valence-electron chi connectivity index (χ2n) is 3.89. The van der Waals surface area contributed by atoms with Crippen LogP contribution in [-0.2, 0) is 0 Å². The number of imidazole rings is 1. The highest BCUT2D eigenvalue weighted by atomic mass is 79.9. The number of benzene rings is 1. The first kappa shape index (κ1) is 12.5. The lowest BCUT2D eigenvalue weighted by molar-refractivity contribution is 0.396. The van der Waals surface area contributed by atoms with E-state index < -0.39 is 0 Å². The van der Waals surface area contributed by atoms with Crippen molar-refractivity contribution in [2.75, 3.05) is 0 Å². The zero-order valence-electron chi connectivity index (χ0n) is 9.52. The molecule has 2 rings (SSSR count). The first-order valence-corrected chi connectivity index (χ1v) is 6.41. The predicted molar refractivity (Wildman–Crippen MR) is 71.8 cm³/mol. The molecule has 5 heteroatoms. The van der Waals surface area contributed by atoms with E-state index in [9.17, 15) is 0 Å². The maximum atomic E-state index is 6.05. The topological polar surface area (TPSA) is 27.1 Å². The maximum absolute atomic E-state index is 6.05. The summed E-state index contributed by atoms with van der Waals surface area (Å²) in [6.45, 7) is 4.06. The van der Waals surface area contributed by atoms with E-state index in [0.29, 0.717) is 11.2 Å². The fourth-order valence-corrected chi connectivity index (χ4v) is 2.20. The third kappa shape index (κ3) is 2.82. The average Bonchev–Trinajstić information content (AvgIpc) is 2.59. The minimum absolute atomic E-state index is 0.201. The summed E-state index contributed by atoms with van der Waals surface area (Å²) in [5.41, 5.74) is 0. The van der Waals surface area contributed by atoms with Gasteiger partial charge in [0.15, 0.2) is 0 Å². The quantitative estimate of drug-likeness (QED) is 0.823. The van der Waals surface area contributed by atoms with Gasteiger partial charge < -0.3 is 4.74 Å². The standard InChI is InChI=1S/C12H12BrClN2O/c1-8(2)16-11(14)7-15-12(16)17-10-5-3-4-9(13)6-10/h3-8H,1-2H3. The van der Waals surface area contributed by atoms with Gasteiger partial charge in [-0.2, -0.15) is 0 Å². The van der Waals surface area contributed by atoms with E-state index in [1.165, 1.54) is 0 Å². The van der Waals surface area contributed by atoms with Crippen LogP contribution in [0.4, 0.5) is 0 Å². The molecule has 0 bridgehead atoms. The molecule has 0 spiro atoms. The fourth-order valence-electron chi connectivity index (χ4n) is 1.50. The molecule has 1 heterocycles. The van der Waals surface area contributed by atoms with Gasteiger partial charge in [-0.15, -0.1) is 0 Å². The van der Waals surface area contributed by atoms with E-state index in [1.54, 1.807) is 6.20 Å². The van der Waals surface area contributed by atoms with Gasteiger partial charge in [0.2, 0.25) is 0 Å².